The van der Waals surface area contributed by atoms with Gasteiger partial charge in [-0.15, -0.1) is 11.3 Å². The number of thiophene rings is 1. The van der Waals surface area contributed by atoms with Crippen LogP contribution >= 0.6 is 11.3 Å². The molecule has 0 saturated carbocycles. The summed E-state index contributed by atoms with van der Waals surface area (Å²) in [6, 6.07) is 61.5. The molecule has 0 fully saturated rings. The number of allylic oxidation sites excluding steroid dienone is 1. The normalized spacial score (nSPS) is 14.7. The van der Waals surface area contributed by atoms with Crippen molar-refractivity contribution >= 4 is 86.3 Å². The standard InChI is InChI=1S/C48H31N3S/c1-2-13-30(14-3-1)41-29-42(50-48(49-41)39-22-12-21-38-37-20-9-11-24-46(37)52-47(38)39)34-25-26-44(35-18-7-6-17-33(34)35)51-43-23-10-8-19-36(43)40-27-31-15-4-5-16-32(31)28-45(40)51/h1-29,48-49H. The van der Waals surface area contributed by atoms with E-state index in [-0.39, 0.29) is 6.17 Å². The molecule has 0 saturated heterocycles. The van der Waals surface area contributed by atoms with Crippen molar-refractivity contribution in [2.75, 3.05) is 0 Å². The molecule has 8 aromatic carbocycles. The molecule has 244 valence electrons. The SMILES string of the molecule is C1=C(c2ccccc2)NC(c2cccc3c2sc2ccccc23)N=C1c1ccc(-n2c3ccccc3c3cc4ccccc4cc32)c2ccccc12. The lowest BCUT2D eigenvalue weighted by Crippen LogP contribution is -2.25. The Balaban J connectivity index is 1.14. The topological polar surface area (TPSA) is 29.3 Å². The largest absolute Gasteiger partial charge is 0.359 e. The molecule has 3 nitrogen and oxygen atoms in total. The Kier molecular flexibility index (Phi) is 6.48. The number of aliphatic imine (C=N–C) groups is 1. The average Bonchev–Trinajstić information content (AvgIpc) is 3.75. The Bertz CT molecular complexity index is 3110. The van der Waals surface area contributed by atoms with Crippen LogP contribution in [0.4, 0.5) is 0 Å². The van der Waals surface area contributed by atoms with Crippen LogP contribution in [0.15, 0.2) is 181 Å². The smallest absolute Gasteiger partial charge is 0.146 e. The fraction of sp³-hybridized carbons (Fsp3) is 0.0208. The summed E-state index contributed by atoms with van der Waals surface area (Å²) in [5, 5.41) is 13.8. The quantitative estimate of drug-likeness (QED) is 0.197. The van der Waals surface area contributed by atoms with Gasteiger partial charge in [-0.05, 0) is 58.1 Å². The van der Waals surface area contributed by atoms with Crippen LogP contribution < -0.4 is 5.32 Å². The van der Waals surface area contributed by atoms with Crippen molar-refractivity contribution in [1.29, 1.82) is 0 Å². The van der Waals surface area contributed by atoms with Gasteiger partial charge in [0, 0.05) is 53.2 Å². The van der Waals surface area contributed by atoms with Gasteiger partial charge in [0.25, 0.3) is 0 Å². The summed E-state index contributed by atoms with van der Waals surface area (Å²) >= 11 is 1.85. The van der Waals surface area contributed by atoms with Gasteiger partial charge in [-0.25, -0.2) is 0 Å². The Labute approximate surface area is 304 Å². The summed E-state index contributed by atoms with van der Waals surface area (Å²) in [4.78, 5) is 5.52. The van der Waals surface area contributed by atoms with Crippen molar-refractivity contribution in [3.63, 3.8) is 0 Å². The van der Waals surface area contributed by atoms with E-state index in [1.54, 1.807) is 0 Å². The van der Waals surface area contributed by atoms with Crippen LogP contribution in [0, 0.1) is 0 Å². The number of nitrogens with zero attached hydrogens (tertiary/aromatic N) is 2. The maximum atomic E-state index is 5.52. The summed E-state index contributed by atoms with van der Waals surface area (Å²) < 4.78 is 5.02. The molecule has 11 rings (SSSR count). The molecule has 1 aliphatic rings. The second-order valence-corrected chi connectivity index (χ2v) is 14.6. The van der Waals surface area contributed by atoms with E-state index in [9.17, 15) is 0 Å². The van der Waals surface area contributed by atoms with Crippen LogP contribution in [0.2, 0.25) is 0 Å². The second-order valence-electron chi connectivity index (χ2n) is 13.6. The molecule has 0 aliphatic carbocycles. The monoisotopic (exact) mass is 681 g/mol. The van der Waals surface area contributed by atoms with Crippen LogP contribution in [0.5, 0.6) is 0 Å². The number of para-hydroxylation sites is 1. The van der Waals surface area contributed by atoms with E-state index in [0.717, 1.165) is 28.2 Å². The molecule has 1 N–H and O–H groups in total. The molecular formula is C48H31N3S. The van der Waals surface area contributed by atoms with E-state index < -0.39 is 0 Å². The van der Waals surface area contributed by atoms with E-state index in [2.05, 4.69) is 186 Å². The molecule has 3 heterocycles. The van der Waals surface area contributed by atoms with Crippen molar-refractivity contribution in [2.45, 2.75) is 6.17 Å². The molecule has 0 radical (unpaired) electrons. The second kappa shape index (κ2) is 11.5. The number of hydrogen-bond donors (Lipinski definition) is 1. The predicted octanol–water partition coefficient (Wildman–Crippen LogP) is 12.6. The average molecular weight is 682 g/mol. The Hall–Kier alpha value is -6.49. The van der Waals surface area contributed by atoms with Crippen molar-refractivity contribution in [2.24, 2.45) is 4.99 Å². The third-order valence-corrected chi connectivity index (χ3v) is 11.8. The lowest BCUT2D eigenvalue weighted by molar-refractivity contribution is 0.670. The van der Waals surface area contributed by atoms with Gasteiger partial charge in [0.05, 0.1) is 22.4 Å². The molecule has 0 bridgehead atoms. The number of fused-ring (bicyclic) bond motifs is 8. The van der Waals surface area contributed by atoms with Crippen LogP contribution in [-0.4, -0.2) is 10.3 Å². The molecule has 4 heteroatoms. The fourth-order valence-corrected chi connectivity index (χ4v) is 9.45. The minimum atomic E-state index is -0.254. The predicted molar refractivity (Wildman–Crippen MR) is 222 cm³/mol. The lowest BCUT2D eigenvalue weighted by Gasteiger charge is -2.26. The minimum absolute atomic E-state index is 0.254. The summed E-state index contributed by atoms with van der Waals surface area (Å²) in [7, 11) is 0. The molecule has 2 aromatic heterocycles. The third-order valence-electron chi connectivity index (χ3n) is 10.6. The Morgan fingerprint density at radius 1 is 0.519 bits per heavy atom. The fourth-order valence-electron chi connectivity index (χ4n) is 8.21. The van der Waals surface area contributed by atoms with Gasteiger partial charge in [-0.2, -0.15) is 0 Å². The van der Waals surface area contributed by atoms with E-state index in [1.807, 2.05) is 11.3 Å². The van der Waals surface area contributed by atoms with Crippen molar-refractivity contribution in [3.8, 4) is 5.69 Å². The van der Waals surface area contributed by atoms with Crippen molar-refractivity contribution in [3.05, 3.63) is 193 Å². The zero-order chi connectivity index (χ0) is 34.2. The van der Waals surface area contributed by atoms with Gasteiger partial charge in [0.1, 0.15) is 6.17 Å². The minimum Gasteiger partial charge on any atom is -0.359 e. The lowest BCUT2D eigenvalue weighted by atomic mass is 9.96. The number of rotatable bonds is 4. The highest BCUT2D eigenvalue weighted by atomic mass is 32.1. The van der Waals surface area contributed by atoms with E-state index in [0.29, 0.717) is 0 Å². The van der Waals surface area contributed by atoms with E-state index in [1.165, 1.54) is 69.1 Å². The number of nitrogens with one attached hydrogen (secondary N) is 1. The molecule has 10 aromatic rings. The molecule has 0 spiro atoms. The highest BCUT2D eigenvalue weighted by molar-refractivity contribution is 7.26. The number of aromatic nitrogens is 1. The van der Waals surface area contributed by atoms with Gasteiger partial charge < -0.3 is 9.88 Å². The third kappa shape index (κ3) is 4.48. The zero-order valence-electron chi connectivity index (χ0n) is 28.1. The first-order valence-electron chi connectivity index (χ1n) is 17.7. The van der Waals surface area contributed by atoms with Gasteiger partial charge in [0.15, 0.2) is 0 Å². The highest BCUT2D eigenvalue weighted by Crippen LogP contribution is 2.41. The Morgan fingerprint density at radius 3 is 2.08 bits per heavy atom. The van der Waals surface area contributed by atoms with Crippen molar-refractivity contribution < 1.29 is 0 Å². The number of hydrogen-bond acceptors (Lipinski definition) is 3. The highest BCUT2D eigenvalue weighted by Gasteiger charge is 2.24. The summed E-state index contributed by atoms with van der Waals surface area (Å²) in [6.45, 7) is 0. The van der Waals surface area contributed by atoms with Crippen LogP contribution in [0.1, 0.15) is 22.9 Å². The van der Waals surface area contributed by atoms with E-state index in [4.69, 9.17) is 4.99 Å². The van der Waals surface area contributed by atoms with Gasteiger partial charge in [0.2, 0.25) is 0 Å². The summed E-state index contributed by atoms with van der Waals surface area (Å²) in [6.07, 6.45) is 1.97. The molecule has 1 atom stereocenters. The van der Waals surface area contributed by atoms with Gasteiger partial charge >= 0.3 is 0 Å². The molecule has 1 unspecified atom stereocenters. The number of benzene rings is 8. The van der Waals surface area contributed by atoms with Crippen LogP contribution in [0.3, 0.4) is 0 Å². The Morgan fingerprint density at radius 2 is 1.21 bits per heavy atom. The van der Waals surface area contributed by atoms with Gasteiger partial charge in [-0.1, -0.05) is 140 Å². The first kappa shape index (κ1) is 29.3. The first-order chi connectivity index (χ1) is 25.8. The molecular weight excluding hydrogens is 651 g/mol. The maximum Gasteiger partial charge on any atom is 0.146 e. The van der Waals surface area contributed by atoms with E-state index >= 15 is 0 Å². The molecule has 0 amide bonds. The maximum absolute atomic E-state index is 5.52. The van der Waals surface area contributed by atoms with Crippen LogP contribution in [-0.2, 0) is 0 Å². The molecule has 1 aliphatic heterocycles. The van der Waals surface area contributed by atoms with Crippen molar-refractivity contribution in [1.82, 2.24) is 9.88 Å². The summed E-state index contributed by atoms with van der Waals surface area (Å²) in [5.74, 6) is 0. The van der Waals surface area contributed by atoms with Gasteiger partial charge in [-0.3, -0.25) is 4.99 Å². The summed E-state index contributed by atoms with van der Waals surface area (Å²) in [5.41, 5.74) is 9.06. The zero-order valence-corrected chi connectivity index (χ0v) is 28.9. The van der Waals surface area contributed by atoms with Crippen LogP contribution in [0.25, 0.3) is 74.9 Å². The first-order valence-corrected chi connectivity index (χ1v) is 18.6. The molecule has 52 heavy (non-hydrogen) atoms.